The van der Waals surface area contributed by atoms with Gasteiger partial charge in [0.25, 0.3) is 0 Å². The van der Waals surface area contributed by atoms with Crippen molar-refractivity contribution < 1.29 is 13.2 Å². The molecule has 1 aliphatic rings. The molecule has 2 N–H and O–H groups in total. The molecular weight excluding hydrogens is 228 g/mol. The zero-order chi connectivity index (χ0) is 12.2. The lowest BCUT2D eigenvalue weighted by Gasteiger charge is -2.26. The minimum Gasteiger partial charge on any atom is -0.330 e. The summed E-state index contributed by atoms with van der Waals surface area (Å²) in [5, 5.41) is 0. The summed E-state index contributed by atoms with van der Waals surface area (Å²) in [5.41, 5.74) is 5.30. The molecule has 6 heteroatoms. The predicted octanol–water partition coefficient (Wildman–Crippen LogP) is -1.02. The van der Waals surface area contributed by atoms with Crippen molar-refractivity contribution in [2.45, 2.75) is 18.9 Å². The lowest BCUT2D eigenvalue weighted by Crippen LogP contribution is -2.42. The molecule has 16 heavy (non-hydrogen) atoms. The van der Waals surface area contributed by atoms with Crippen LogP contribution in [0.3, 0.4) is 0 Å². The first-order chi connectivity index (χ1) is 7.50. The lowest BCUT2D eigenvalue weighted by atomic mass is 10.2. The largest absolute Gasteiger partial charge is 0.330 e. The molecule has 1 aliphatic heterocycles. The lowest BCUT2D eigenvalue weighted by molar-refractivity contribution is -0.132. The molecule has 1 amide bonds. The minimum atomic E-state index is -3.00. The number of terminal acetylenes is 1. The zero-order valence-corrected chi connectivity index (χ0v) is 9.87. The molecule has 1 rings (SSSR count). The van der Waals surface area contributed by atoms with Crippen molar-refractivity contribution in [3.63, 3.8) is 0 Å². The Morgan fingerprint density at radius 3 is 2.69 bits per heavy atom. The second-order valence-electron chi connectivity index (χ2n) is 3.82. The van der Waals surface area contributed by atoms with Crippen LogP contribution in [-0.4, -0.2) is 49.9 Å². The van der Waals surface area contributed by atoms with E-state index in [1.165, 1.54) is 4.90 Å². The van der Waals surface area contributed by atoms with Gasteiger partial charge in [0.15, 0.2) is 9.84 Å². The van der Waals surface area contributed by atoms with Crippen LogP contribution in [0.25, 0.3) is 0 Å². The number of hydrogen-bond donors (Lipinski definition) is 1. The Morgan fingerprint density at radius 1 is 1.56 bits per heavy atom. The predicted molar refractivity (Wildman–Crippen MR) is 61.3 cm³/mol. The SMILES string of the molecule is C#CCN(C(=O)CCN)C1CCS(=O)(=O)C1. The molecule has 1 unspecified atom stereocenters. The molecule has 1 fully saturated rings. The average molecular weight is 244 g/mol. The number of sulfone groups is 1. The Balaban J connectivity index is 2.72. The average Bonchev–Trinajstić information content (AvgIpc) is 2.55. The third kappa shape index (κ3) is 3.22. The fraction of sp³-hybridized carbons (Fsp3) is 0.700. The Labute approximate surface area is 95.9 Å². The van der Waals surface area contributed by atoms with Crippen molar-refractivity contribution in [1.82, 2.24) is 4.90 Å². The van der Waals surface area contributed by atoms with Crippen molar-refractivity contribution in [3.8, 4) is 12.3 Å². The fourth-order valence-corrected chi connectivity index (χ4v) is 3.54. The van der Waals surface area contributed by atoms with Gasteiger partial charge < -0.3 is 10.6 Å². The van der Waals surface area contributed by atoms with Gasteiger partial charge in [-0.25, -0.2) is 8.42 Å². The van der Waals surface area contributed by atoms with E-state index in [4.69, 9.17) is 12.2 Å². The fourth-order valence-electron chi connectivity index (χ4n) is 1.81. The van der Waals surface area contributed by atoms with Crippen molar-refractivity contribution in [1.29, 1.82) is 0 Å². The van der Waals surface area contributed by atoms with Gasteiger partial charge in [-0.1, -0.05) is 5.92 Å². The third-order valence-corrected chi connectivity index (χ3v) is 4.34. The van der Waals surface area contributed by atoms with E-state index in [1.54, 1.807) is 0 Å². The molecule has 1 heterocycles. The van der Waals surface area contributed by atoms with Crippen LogP contribution in [0.2, 0.25) is 0 Å². The van der Waals surface area contributed by atoms with Gasteiger partial charge in [-0.2, -0.15) is 0 Å². The zero-order valence-electron chi connectivity index (χ0n) is 9.05. The minimum absolute atomic E-state index is 0.0188. The molecule has 0 radical (unpaired) electrons. The second kappa shape index (κ2) is 5.32. The van der Waals surface area contributed by atoms with Gasteiger partial charge in [0.1, 0.15) is 0 Å². The monoisotopic (exact) mass is 244 g/mol. The van der Waals surface area contributed by atoms with E-state index in [-0.39, 0.29) is 43.0 Å². The maximum Gasteiger partial charge on any atom is 0.224 e. The summed E-state index contributed by atoms with van der Waals surface area (Å²) in [6.07, 6.45) is 5.85. The first-order valence-corrected chi connectivity index (χ1v) is 6.95. The highest BCUT2D eigenvalue weighted by Gasteiger charge is 2.33. The first kappa shape index (κ1) is 13.0. The quantitative estimate of drug-likeness (QED) is 0.642. The second-order valence-corrected chi connectivity index (χ2v) is 6.05. The first-order valence-electron chi connectivity index (χ1n) is 5.13. The van der Waals surface area contributed by atoms with Gasteiger partial charge in [0, 0.05) is 19.0 Å². The van der Waals surface area contributed by atoms with Gasteiger partial charge in [-0.05, 0) is 6.42 Å². The molecule has 90 valence electrons. The number of hydrogen-bond acceptors (Lipinski definition) is 4. The summed E-state index contributed by atoms with van der Waals surface area (Å²) < 4.78 is 22.6. The number of carbonyl (C=O) groups is 1. The molecule has 0 aromatic heterocycles. The topological polar surface area (TPSA) is 80.5 Å². The normalized spacial score (nSPS) is 22.6. The molecule has 0 spiro atoms. The summed E-state index contributed by atoms with van der Waals surface area (Å²) in [7, 11) is -3.00. The molecule has 1 saturated heterocycles. The van der Waals surface area contributed by atoms with Crippen LogP contribution in [0, 0.1) is 12.3 Å². The molecule has 1 atom stereocenters. The summed E-state index contributed by atoms with van der Waals surface area (Å²) >= 11 is 0. The van der Waals surface area contributed by atoms with Crippen molar-refractivity contribution in [3.05, 3.63) is 0 Å². The Morgan fingerprint density at radius 2 is 2.25 bits per heavy atom. The van der Waals surface area contributed by atoms with Crippen LogP contribution in [0.15, 0.2) is 0 Å². The third-order valence-electron chi connectivity index (χ3n) is 2.59. The van der Waals surface area contributed by atoms with Gasteiger partial charge >= 0.3 is 0 Å². The molecule has 5 nitrogen and oxygen atoms in total. The molecule has 0 aromatic carbocycles. The van der Waals surface area contributed by atoms with Gasteiger partial charge in [-0.3, -0.25) is 4.79 Å². The molecule has 0 bridgehead atoms. The summed E-state index contributed by atoms with van der Waals surface area (Å²) in [6, 6.07) is -0.278. The highest BCUT2D eigenvalue weighted by atomic mass is 32.2. The van der Waals surface area contributed by atoms with Crippen LogP contribution in [0.1, 0.15) is 12.8 Å². The van der Waals surface area contributed by atoms with Crippen LogP contribution >= 0.6 is 0 Å². The number of rotatable bonds is 4. The van der Waals surface area contributed by atoms with Gasteiger partial charge in [0.2, 0.25) is 5.91 Å². The molecule has 0 saturated carbocycles. The number of carbonyl (C=O) groups excluding carboxylic acids is 1. The number of nitrogens with zero attached hydrogens (tertiary/aromatic N) is 1. The van der Waals surface area contributed by atoms with Gasteiger partial charge in [-0.15, -0.1) is 6.42 Å². The van der Waals surface area contributed by atoms with Crippen molar-refractivity contribution in [2.75, 3.05) is 24.6 Å². The van der Waals surface area contributed by atoms with E-state index in [9.17, 15) is 13.2 Å². The maximum absolute atomic E-state index is 11.7. The molecule has 0 aliphatic carbocycles. The maximum atomic E-state index is 11.7. The Kier molecular flexibility index (Phi) is 4.33. The van der Waals surface area contributed by atoms with Crippen LogP contribution in [0.4, 0.5) is 0 Å². The number of nitrogens with two attached hydrogens (primary N) is 1. The smallest absolute Gasteiger partial charge is 0.224 e. The van der Waals surface area contributed by atoms with Crippen LogP contribution in [0.5, 0.6) is 0 Å². The van der Waals surface area contributed by atoms with E-state index in [0.717, 1.165) is 0 Å². The highest BCUT2D eigenvalue weighted by molar-refractivity contribution is 7.91. The van der Waals surface area contributed by atoms with E-state index >= 15 is 0 Å². The molecule has 0 aromatic rings. The summed E-state index contributed by atoms with van der Waals surface area (Å²) in [4.78, 5) is 13.1. The van der Waals surface area contributed by atoms with Gasteiger partial charge in [0.05, 0.1) is 18.1 Å². The summed E-state index contributed by atoms with van der Waals surface area (Å²) in [6.45, 7) is 0.401. The number of amides is 1. The standard InChI is InChI=1S/C10H16N2O3S/c1-2-6-12(10(13)3-5-11)9-4-7-16(14,15)8-9/h1,9H,3-8,11H2. The van der Waals surface area contributed by atoms with E-state index in [2.05, 4.69) is 5.92 Å². The summed E-state index contributed by atoms with van der Waals surface area (Å²) in [5.74, 6) is 2.37. The van der Waals surface area contributed by atoms with E-state index in [1.807, 2.05) is 0 Å². The highest BCUT2D eigenvalue weighted by Crippen LogP contribution is 2.18. The van der Waals surface area contributed by atoms with E-state index in [0.29, 0.717) is 6.42 Å². The van der Waals surface area contributed by atoms with E-state index < -0.39 is 9.84 Å². The van der Waals surface area contributed by atoms with Crippen molar-refractivity contribution >= 4 is 15.7 Å². The van der Waals surface area contributed by atoms with Crippen molar-refractivity contribution in [2.24, 2.45) is 5.73 Å². The molecular formula is C10H16N2O3S. The van der Waals surface area contributed by atoms with Crippen LogP contribution < -0.4 is 5.73 Å². The van der Waals surface area contributed by atoms with Crippen LogP contribution in [-0.2, 0) is 14.6 Å². The Bertz CT molecular complexity index is 397. The Hall–Kier alpha value is -1.06.